The summed E-state index contributed by atoms with van der Waals surface area (Å²) in [5.41, 5.74) is 5.62. The van der Waals surface area contributed by atoms with Crippen LogP contribution in [0.3, 0.4) is 0 Å². The van der Waals surface area contributed by atoms with Crippen molar-refractivity contribution in [3.63, 3.8) is 0 Å². The summed E-state index contributed by atoms with van der Waals surface area (Å²) in [5, 5.41) is 22.4. The van der Waals surface area contributed by atoms with Crippen LogP contribution >= 0.6 is 0 Å². The third-order valence-electron chi connectivity index (χ3n) is 7.21. The number of aromatic hydroxyl groups is 1. The van der Waals surface area contributed by atoms with Gasteiger partial charge in [0.2, 0.25) is 0 Å². The van der Waals surface area contributed by atoms with Crippen LogP contribution in [-0.4, -0.2) is 42.1 Å². The smallest absolute Gasteiger partial charge is 0.251 e. The van der Waals surface area contributed by atoms with Gasteiger partial charge in [0.1, 0.15) is 5.75 Å². The van der Waals surface area contributed by atoms with E-state index in [1.165, 1.54) is 5.56 Å². The maximum Gasteiger partial charge on any atom is 0.251 e. The highest BCUT2D eigenvalue weighted by molar-refractivity contribution is 5.94. The molecule has 1 saturated heterocycles. The van der Waals surface area contributed by atoms with Crippen molar-refractivity contribution >= 4 is 5.91 Å². The number of phenols is 1. The number of likely N-dealkylation sites (tertiary alicyclic amines) is 1. The highest BCUT2D eigenvalue weighted by Crippen LogP contribution is 2.34. The minimum Gasteiger partial charge on any atom is -0.508 e. The van der Waals surface area contributed by atoms with Crippen molar-refractivity contribution in [2.45, 2.75) is 44.9 Å². The largest absolute Gasteiger partial charge is 0.508 e. The number of phenolic OH excluding ortho intramolecular Hbond substituents is 1. The van der Waals surface area contributed by atoms with Gasteiger partial charge in [-0.3, -0.25) is 4.79 Å². The molecule has 0 spiro atoms. The first-order valence-electron chi connectivity index (χ1n) is 13.0. The molecule has 5 nitrogen and oxygen atoms in total. The van der Waals surface area contributed by atoms with E-state index in [-0.39, 0.29) is 5.91 Å². The van der Waals surface area contributed by atoms with E-state index in [1.54, 1.807) is 12.1 Å². The van der Waals surface area contributed by atoms with Crippen molar-refractivity contribution in [3.8, 4) is 22.9 Å². The lowest BCUT2D eigenvalue weighted by atomic mass is 9.88. The number of nitriles is 1. The number of piperidine rings is 1. The van der Waals surface area contributed by atoms with Gasteiger partial charge in [-0.15, -0.1) is 0 Å². The third-order valence-corrected chi connectivity index (χ3v) is 7.21. The molecule has 36 heavy (non-hydrogen) atoms. The molecule has 1 heterocycles. The van der Waals surface area contributed by atoms with Gasteiger partial charge in [0.05, 0.1) is 11.6 Å². The van der Waals surface area contributed by atoms with Crippen molar-refractivity contribution in [2.75, 3.05) is 26.2 Å². The Morgan fingerprint density at radius 2 is 1.67 bits per heavy atom. The van der Waals surface area contributed by atoms with Crippen LogP contribution in [0.25, 0.3) is 11.1 Å². The van der Waals surface area contributed by atoms with Gasteiger partial charge in [-0.1, -0.05) is 43.3 Å². The van der Waals surface area contributed by atoms with Crippen molar-refractivity contribution in [1.29, 1.82) is 5.26 Å². The van der Waals surface area contributed by atoms with E-state index < -0.39 is 0 Å². The van der Waals surface area contributed by atoms with Crippen LogP contribution in [0.1, 0.15) is 65.6 Å². The number of carbonyl (C=O) groups excluding carboxylic acids is 1. The SMILES string of the molecule is CCc1ccc(C2CCN(CCCCNC(=O)c3ccc(-c4ccc(C#N)cc4)cc3)CC2)c(O)c1. The second-order valence-electron chi connectivity index (χ2n) is 9.59. The van der Waals surface area contributed by atoms with E-state index >= 15 is 0 Å². The molecule has 3 aromatic rings. The van der Waals surface area contributed by atoms with Gasteiger partial charge in [-0.2, -0.15) is 5.26 Å². The van der Waals surface area contributed by atoms with Crippen LogP contribution in [0, 0.1) is 11.3 Å². The molecule has 0 radical (unpaired) electrons. The first kappa shape index (κ1) is 25.5. The summed E-state index contributed by atoms with van der Waals surface area (Å²) in [7, 11) is 0. The van der Waals surface area contributed by atoms with Gasteiger partial charge in [0, 0.05) is 12.1 Å². The zero-order chi connectivity index (χ0) is 25.3. The minimum atomic E-state index is -0.0453. The molecule has 2 N–H and O–H groups in total. The molecule has 0 aliphatic carbocycles. The van der Waals surface area contributed by atoms with Crippen LogP contribution < -0.4 is 5.32 Å². The summed E-state index contributed by atoms with van der Waals surface area (Å²) < 4.78 is 0. The average molecular weight is 482 g/mol. The van der Waals surface area contributed by atoms with Crippen LogP contribution in [-0.2, 0) is 6.42 Å². The number of amides is 1. The summed E-state index contributed by atoms with van der Waals surface area (Å²) in [4.78, 5) is 15.0. The molecular formula is C31H35N3O2. The number of hydrogen-bond acceptors (Lipinski definition) is 4. The van der Waals surface area contributed by atoms with Gasteiger partial charge in [-0.25, -0.2) is 0 Å². The van der Waals surface area contributed by atoms with E-state index in [1.807, 2.05) is 42.5 Å². The quantitative estimate of drug-likeness (QED) is 0.374. The number of nitrogens with one attached hydrogen (secondary N) is 1. The maximum absolute atomic E-state index is 12.5. The Balaban J connectivity index is 1.14. The van der Waals surface area contributed by atoms with Gasteiger partial charge in [0.25, 0.3) is 5.91 Å². The lowest BCUT2D eigenvalue weighted by Gasteiger charge is -2.32. The van der Waals surface area contributed by atoms with Crippen LogP contribution in [0.5, 0.6) is 5.75 Å². The first-order chi connectivity index (χ1) is 17.6. The fraction of sp³-hybridized carbons (Fsp3) is 0.355. The summed E-state index contributed by atoms with van der Waals surface area (Å²) in [6.07, 6.45) is 5.11. The molecule has 4 rings (SSSR count). The van der Waals surface area contributed by atoms with Crippen molar-refractivity contribution in [1.82, 2.24) is 10.2 Å². The van der Waals surface area contributed by atoms with Gasteiger partial charge in [0.15, 0.2) is 0 Å². The molecule has 5 heteroatoms. The monoisotopic (exact) mass is 481 g/mol. The second kappa shape index (κ2) is 12.4. The van der Waals surface area contributed by atoms with Crippen molar-refractivity contribution in [3.05, 3.63) is 89.0 Å². The van der Waals surface area contributed by atoms with Gasteiger partial charge in [-0.05, 0) is 110 Å². The predicted octanol–water partition coefficient (Wildman–Crippen LogP) is 5.88. The number of nitrogens with zero attached hydrogens (tertiary/aromatic N) is 2. The average Bonchev–Trinajstić information content (AvgIpc) is 2.93. The zero-order valence-corrected chi connectivity index (χ0v) is 21.0. The minimum absolute atomic E-state index is 0.0453. The predicted molar refractivity (Wildman–Crippen MR) is 144 cm³/mol. The first-order valence-corrected chi connectivity index (χ1v) is 13.0. The van der Waals surface area contributed by atoms with Crippen LogP contribution in [0.15, 0.2) is 66.7 Å². The lowest BCUT2D eigenvalue weighted by molar-refractivity contribution is 0.0952. The standard InChI is InChI=1S/C31H35N3O2/c1-2-23-7-14-29(30(35)21-23)27-15-19-34(20-16-27)18-4-3-17-33-31(36)28-12-10-26(11-13-28)25-8-5-24(22-32)6-9-25/h5-14,21,27,35H,2-4,15-20H2,1H3,(H,33,36). The topological polar surface area (TPSA) is 76.4 Å². The van der Waals surface area contributed by atoms with E-state index in [0.29, 0.717) is 29.3 Å². The highest BCUT2D eigenvalue weighted by atomic mass is 16.3. The Morgan fingerprint density at radius 1 is 1.00 bits per heavy atom. The summed E-state index contributed by atoms with van der Waals surface area (Å²) in [6.45, 7) is 5.93. The fourth-order valence-electron chi connectivity index (χ4n) is 4.94. The Hall–Kier alpha value is -3.62. The van der Waals surface area contributed by atoms with E-state index in [2.05, 4.69) is 35.3 Å². The van der Waals surface area contributed by atoms with Crippen LogP contribution in [0.4, 0.5) is 0 Å². The molecule has 1 amide bonds. The molecular weight excluding hydrogens is 446 g/mol. The molecule has 1 aliphatic rings. The Labute approximate surface area is 214 Å². The number of hydrogen-bond donors (Lipinski definition) is 2. The number of benzene rings is 3. The van der Waals surface area contributed by atoms with Gasteiger partial charge < -0.3 is 15.3 Å². The molecule has 0 atom stereocenters. The van der Waals surface area contributed by atoms with Crippen molar-refractivity contribution < 1.29 is 9.90 Å². The number of unbranched alkanes of at least 4 members (excludes halogenated alkanes) is 1. The fourth-order valence-corrected chi connectivity index (χ4v) is 4.94. The Kier molecular flexibility index (Phi) is 8.76. The summed E-state index contributed by atoms with van der Waals surface area (Å²) in [5.74, 6) is 0.846. The molecule has 186 valence electrons. The van der Waals surface area contributed by atoms with Crippen LogP contribution in [0.2, 0.25) is 0 Å². The molecule has 1 fully saturated rings. The summed E-state index contributed by atoms with van der Waals surface area (Å²) in [6, 6.07) is 23.3. The number of aryl methyl sites for hydroxylation is 1. The molecule has 1 aliphatic heterocycles. The molecule has 0 saturated carbocycles. The maximum atomic E-state index is 12.5. The molecule has 0 bridgehead atoms. The van der Waals surface area contributed by atoms with Crippen molar-refractivity contribution in [2.24, 2.45) is 0 Å². The Bertz CT molecular complexity index is 1190. The highest BCUT2D eigenvalue weighted by Gasteiger charge is 2.22. The van der Waals surface area contributed by atoms with E-state index in [9.17, 15) is 9.90 Å². The number of carbonyl (C=O) groups is 1. The molecule has 3 aromatic carbocycles. The Morgan fingerprint density at radius 3 is 2.28 bits per heavy atom. The molecule has 0 unspecified atom stereocenters. The van der Waals surface area contributed by atoms with Gasteiger partial charge >= 0.3 is 0 Å². The zero-order valence-electron chi connectivity index (χ0n) is 21.0. The summed E-state index contributed by atoms with van der Waals surface area (Å²) >= 11 is 0. The lowest BCUT2D eigenvalue weighted by Crippen LogP contribution is -2.34. The third kappa shape index (κ3) is 6.53. The molecule has 0 aromatic heterocycles. The van der Waals surface area contributed by atoms with E-state index in [0.717, 1.165) is 68.4 Å². The number of rotatable bonds is 9. The second-order valence-corrected chi connectivity index (χ2v) is 9.59. The normalized spacial score (nSPS) is 14.3. The van der Waals surface area contributed by atoms with E-state index in [4.69, 9.17) is 5.26 Å².